The summed E-state index contributed by atoms with van der Waals surface area (Å²) in [7, 11) is 0. The van der Waals surface area contributed by atoms with Crippen molar-refractivity contribution in [3.8, 4) is 0 Å². The number of hydrogen-bond donors (Lipinski definition) is 3. The van der Waals surface area contributed by atoms with Gasteiger partial charge >= 0.3 is 17.9 Å². The average molecular weight is 551 g/mol. The van der Waals surface area contributed by atoms with Crippen LogP contribution in [0.5, 0.6) is 0 Å². The summed E-state index contributed by atoms with van der Waals surface area (Å²) < 4.78 is 20.4. The van der Waals surface area contributed by atoms with E-state index in [-0.39, 0.29) is 35.5 Å². The number of fused-ring (bicyclic) bond motifs is 1. The van der Waals surface area contributed by atoms with E-state index in [4.69, 9.17) is 24.7 Å². The van der Waals surface area contributed by atoms with Gasteiger partial charge in [-0.05, 0) is 56.7 Å². The van der Waals surface area contributed by atoms with Gasteiger partial charge in [0.05, 0.1) is 11.2 Å². The number of aliphatic hydroxyl groups is 2. The summed E-state index contributed by atoms with van der Waals surface area (Å²) in [4.78, 5) is 37.8. The van der Waals surface area contributed by atoms with Gasteiger partial charge in [-0.25, -0.2) is 14.4 Å². The fourth-order valence-electron chi connectivity index (χ4n) is 3.40. The lowest BCUT2D eigenvalue weighted by molar-refractivity contribution is -0.166. The molecular weight excluding hydrogens is 525 g/mol. The van der Waals surface area contributed by atoms with Crippen LogP contribution >= 0.6 is 22.6 Å². The molecule has 3 aliphatic heterocycles. The van der Waals surface area contributed by atoms with E-state index in [1.807, 2.05) is 0 Å². The Kier molecular flexibility index (Phi) is 5.96. The first-order chi connectivity index (χ1) is 14.1. The number of alkyl halides is 1. The molecule has 0 fully saturated rings. The lowest BCUT2D eigenvalue weighted by Gasteiger charge is -2.33. The molecule has 0 amide bonds. The van der Waals surface area contributed by atoms with E-state index in [1.54, 1.807) is 29.5 Å². The highest BCUT2D eigenvalue weighted by molar-refractivity contribution is 14.1. The number of rotatable bonds is 8. The van der Waals surface area contributed by atoms with Crippen molar-refractivity contribution < 1.29 is 43.5 Å². The highest BCUT2D eigenvalue weighted by atomic mass is 127. The van der Waals surface area contributed by atoms with Gasteiger partial charge in [0.15, 0.2) is 21.2 Å². The minimum atomic E-state index is -1.48. The molecule has 11 heteroatoms. The SMILES string of the molecule is CCC(N)(I)C(=O)O[C@@H]1C2=C3OC1C(C(=O)OC(CC(C)(C)O)C(C)(C)O)=C3C(=O)O2. The van der Waals surface area contributed by atoms with Crippen LogP contribution in [0.15, 0.2) is 22.7 Å². The minimum Gasteiger partial charge on any atom is -0.476 e. The maximum absolute atomic E-state index is 13.0. The monoisotopic (exact) mass is 551 g/mol. The largest absolute Gasteiger partial charge is 0.476 e. The zero-order valence-electron chi connectivity index (χ0n) is 17.9. The van der Waals surface area contributed by atoms with Gasteiger partial charge < -0.3 is 34.9 Å². The third-order valence-corrected chi connectivity index (χ3v) is 6.42. The second-order valence-electron chi connectivity index (χ2n) is 9.02. The normalized spacial score (nSPS) is 25.3. The molecule has 0 aromatic rings. The molecule has 3 heterocycles. The lowest BCUT2D eigenvalue weighted by Crippen LogP contribution is -2.47. The van der Waals surface area contributed by atoms with E-state index >= 15 is 0 Å². The Hall–Kier alpha value is -1.70. The second-order valence-corrected chi connectivity index (χ2v) is 10.9. The first kappa shape index (κ1) is 24.0. The van der Waals surface area contributed by atoms with Crippen molar-refractivity contribution in [3.63, 3.8) is 0 Å². The Bertz CT molecular complexity index is 891. The van der Waals surface area contributed by atoms with Gasteiger partial charge in [-0.2, -0.15) is 0 Å². The van der Waals surface area contributed by atoms with Crippen LogP contribution in [0.25, 0.3) is 0 Å². The second kappa shape index (κ2) is 7.71. The molecule has 0 saturated heterocycles. The highest BCUT2D eigenvalue weighted by Gasteiger charge is 2.61. The first-order valence-electron chi connectivity index (χ1n) is 9.79. The molecule has 172 valence electrons. The summed E-state index contributed by atoms with van der Waals surface area (Å²) >= 11 is 1.76. The van der Waals surface area contributed by atoms with Crippen molar-refractivity contribution in [2.75, 3.05) is 0 Å². The van der Waals surface area contributed by atoms with E-state index < -0.39 is 51.0 Å². The molecule has 2 bridgehead atoms. The predicted molar refractivity (Wildman–Crippen MR) is 113 cm³/mol. The molecule has 0 aromatic heterocycles. The van der Waals surface area contributed by atoms with Gasteiger partial charge in [0, 0.05) is 6.42 Å². The van der Waals surface area contributed by atoms with Crippen LogP contribution in [0, 0.1) is 0 Å². The van der Waals surface area contributed by atoms with E-state index in [9.17, 15) is 24.6 Å². The molecular formula is C20H26INO9. The van der Waals surface area contributed by atoms with Gasteiger partial charge in [0.25, 0.3) is 0 Å². The van der Waals surface area contributed by atoms with Crippen molar-refractivity contribution in [3.05, 3.63) is 22.7 Å². The van der Waals surface area contributed by atoms with E-state index in [0.717, 1.165) is 0 Å². The summed E-state index contributed by atoms with van der Waals surface area (Å²) in [5.74, 6) is -2.44. The number of esters is 3. The molecule has 0 spiro atoms. The molecule has 31 heavy (non-hydrogen) atoms. The van der Waals surface area contributed by atoms with Gasteiger partial charge in [-0.1, -0.05) is 6.92 Å². The molecule has 0 aliphatic carbocycles. The standard InChI is InChI=1S/C20H26INO9/c1-6-20(21,22)17(25)31-14-12-9(10-11(29-12)13(14)30-16(10)24)15(23)28-8(19(4,5)27)7-18(2,3)26/h8,12,14,26-27H,6-7,22H2,1-5H3/t8?,12?,14-,20?/m0/s1. The smallest absolute Gasteiger partial charge is 0.348 e. The van der Waals surface area contributed by atoms with E-state index in [2.05, 4.69) is 0 Å². The third-order valence-electron chi connectivity index (χ3n) is 5.22. The first-order valence-corrected chi connectivity index (χ1v) is 10.9. The zero-order chi connectivity index (χ0) is 23.5. The summed E-state index contributed by atoms with van der Waals surface area (Å²) in [6.45, 7) is 7.61. The van der Waals surface area contributed by atoms with E-state index in [1.165, 1.54) is 27.7 Å². The molecule has 4 atom stereocenters. The summed E-state index contributed by atoms with van der Waals surface area (Å²) in [6, 6.07) is 0. The maximum Gasteiger partial charge on any atom is 0.348 e. The van der Waals surface area contributed by atoms with Crippen LogP contribution < -0.4 is 5.73 Å². The Labute approximate surface area is 192 Å². The number of carbonyl (C=O) groups excluding carboxylic acids is 3. The number of nitrogens with two attached hydrogens (primary N) is 1. The maximum atomic E-state index is 13.0. The number of halogens is 1. The lowest BCUT2D eigenvalue weighted by atomic mass is 9.90. The van der Waals surface area contributed by atoms with Crippen LogP contribution in [-0.4, -0.2) is 61.2 Å². The number of ether oxygens (including phenoxy) is 4. The molecule has 3 unspecified atom stereocenters. The van der Waals surface area contributed by atoms with E-state index in [0.29, 0.717) is 0 Å². The highest BCUT2D eigenvalue weighted by Crippen LogP contribution is 2.50. The van der Waals surface area contributed by atoms with Gasteiger partial charge in [-0.3, -0.25) is 0 Å². The van der Waals surface area contributed by atoms with Gasteiger partial charge in [0.1, 0.15) is 17.3 Å². The molecule has 10 nitrogen and oxygen atoms in total. The topological polar surface area (TPSA) is 155 Å². The Morgan fingerprint density at radius 2 is 1.87 bits per heavy atom. The van der Waals surface area contributed by atoms with Gasteiger partial charge in [0.2, 0.25) is 6.10 Å². The van der Waals surface area contributed by atoms with Crippen molar-refractivity contribution in [1.29, 1.82) is 0 Å². The van der Waals surface area contributed by atoms with Crippen LogP contribution in [0.2, 0.25) is 0 Å². The van der Waals surface area contributed by atoms with Crippen LogP contribution in [-0.2, 0) is 33.3 Å². The van der Waals surface area contributed by atoms with Crippen LogP contribution in [0.4, 0.5) is 0 Å². The zero-order valence-corrected chi connectivity index (χ0v) is 20.0. The van der Waals surface area contributed by atoms with Crippen molar-refractivity contribution >= 4 is 40.5 Å². The Morgan fingerprint density at radius 1 is 1.26 bits per heavy atom. The molecule has 3 aliphatic rings. The summed E-state index contributed by atoms with van der Waals surface area (Å²) in [5.41, 5.74) is 2.96. The fraction of sp³-hybridized carbons (Fsp3) is 0.650. The van der Waals surface area contributed by atoms with Crippen molar-refractivity contribution in [1.82, 2.24) is 0 Å². The molecule has 0 aromatic carbocycles. The molecule has 0 saturated carbocycles. The molecule has 0 radical (unpaired) electrons. The minimum absolute atomic E-state index is 0.0220. The summed E-state index contributed by atoms with van der Waals surface area (Å²) in [6.07, 6.45) is -3.16. The number of carbonyl (C=O) groups is 3. The average Bonchev–Trinajstić information content (AvgIpc) is 3.22. The van der Waals surface area contributed by atoms with Gasteiger partial charge in [-0.15, -0.1) is 0 Å². The molecule has 4 N–H and O–H groups in total. The Morgan fingerprint density at radius 3 is 2.39 bits per heavy atom. The summed E-state index contributed by atoms with van der Waals surface area (Å²) in [5, 5.41) is 20.5. The quantitative estimate of drug-likeness (QED) is 0.129. The Balaban J connectivity index is 1.88. The van der Waals surface area contributed by atoms with Crippen molar-refractivity contribution in [2.24, 2.45) is 5.73 Å². The van der Waals surface area contributed by atoms with Crippen molar-refractivity contribution in [2.45, 2.75) is 80.5 Å². The third kappa shape index (κ3) is 4.45. The number of hydrogen-bond acceptors (Lipinski definition) is 10. The van der Waals surface area contributed by atoms with Crippen LogP contribution in [0.3, 0.4) is 0 Å². The fourth-order valence-corrected chi connectivity index (χ4v) is 3.53. The van der Waals surface area contributed by atoms with Crippen LogP contribution in [0.1, 0.15) is 47.5 Å². The predicted octanol–water partition coefficient (Wildman–Crippen LogP) is 0.719. The molecule has 3 rings (SSSR count).